The number of nitrogens with zero attached hydrogens (tertiary/aromatic N) is 1. The Kier molecular flexibility index (Phi) is 5.07. The van der Waals surface area contributed by atoms with E-state index < -0.39 is 0 Å². The maximum atomic E-state index is 5.84. The van der Waals surface area contributed by atoms with Gasteiger partial charge in [-0.15, -0.1) is 0 Å². The van der Waals surface area contributed by atoms with E-state index in [9.17, 15) is 0 Å². The average Bonchev–Trinajstić information content (AvgIpc) is 2.37. The van der Waals surface area contributed by atoms with Crippen LogP contribution in [-0.2, 0) is 6.42 Å². The van der Waals surface area contributed by atoms with Gasteiger partial charge in [-0.1, -0.05) is 18.6 Å². The van der Waals surface area contributed by atoms with E-state index in [1.165, 1.54) is 24.8 Å². The van der Waals surface area contributed by atoms with Gasteiger partial charge in [-0.2, -0.15) is 0 Å². The Bertz CT molecular complexity index is 427. The van der Waals surface area contributed by atoms with Crippen LogP contribution in [0.1, 0.15) is 24.8 Å². The highest BCUT2D eigenvalue weighted by atomic mass is 16.5. The SMILES string of the molecule is COc1cccc(CCNC(N)=NCC2CCC2)c1. The third-order valence-electron chi connectivity index (χ3n) is 3.60. The molecule has 0 spiro atoms. The minimum atomic E-state index is 0.565. The van der Waals surface area contributed by atoms with E-state index >= 15 is 0 Å². The van der Waals surface area contributed by atoms with Crippen molar-refractivity contribution in [2.24, 2.45) is 16.6 Å². The van der Waals surface area contributed by atoms with Crippen LogP contribution in [-0.4, -0.2) is 26.2 Å². The van der Waals surface area contributed by atoms with Crippen molar-refractivity contribution in [1.82, 2.24) is 5.32 Å². The van der Waals surface area contributed by atoms with Crippen LogP contribution < -0.4 is 15.8 Å². The molecule has 2 rings (SSSR count). The maximum Gasteiger partial charge on any atom is 0.188 e. The molecule has 1 aromatic carbocycles. The number of aliphatic imine (C=N–C) groups is 1. The van der Waals surface area contributed by atoms with Crippen molar-refractivity contribution < 1.29 is 4.74 Å². The Morgan fingerprint density at radius 1 is 1.47 bits per heavy atom. The van der Waals surface area contributed by atoms with Crippen LogP contribution >= 0.6 is 0 Å². The van der Waals surface area contributed by atoms with Crippen LogP contribution in [0.25, 0.3) is 0 Å². The second-order valence-corrected chi connectivity index (χ2v) is 5.05. The number of hydrogen-bond acceptors (Lipinski definition) is 2. The number of benzene rings is 1. The summed E-state index contributed by atoms with van der Waals surface area (Å²) in [6.07, 6.45) is 4.88. The Labute approximate surface area is 115 Å². The molecule has 0 aromatic heterocycles. The summed E-state index contributed by atoms with van der Waals surface area (Å²) in [6, 6.07) is 8.09. The molecule has 19 heavy (non-hydrogen) atoms. The molecule has 104 valence electrons. The number of nitrogens with one attached hydrogen (secondary N) is 1. The highest BCUT2D eigenvalue weighted by Gasteiger charge is 2.16. The zero-order valence-corrected chi connectivity index (χ0v) is 11.6. The van der Waals surface area contributed by atoms with Crippen molar-refractivity contribution in [2.45, 2.75) is 25.7 Å². The molecule has 3 N–H and O–H groups in total. The largest absolute Gasteiger partial charge is 0.497 e. The summed E-state index contributed by atoms with van der Waals surface area (Å²) >= 11 is 0. The summed E-state index contributed by atoms with van der Waals surface area (Å²) in [5, 5.41) is 3.16. The second-order valence-electron chi connectivity index (χ2n) is 5.05. The molecular formula is C15H23N3O. The first-order valence-corrected chi connectivity index (χ1v) is 6.94. The highest BCUT2D eigenvalue weighted by Crippen LogP contribution is 2.26. The Balaban J connectivity index is 1.69. The highest BCUT2D eigenvalue weighted by molar-refractivity contribution is 5.77. The van der Waals surface area contributed by atoms with E-state index in [2.05, 4.69) is 16.4 Å². The lowest BCUT2D eigenvalue weighted by Crippen LogP contribution is -2.34. The molecule has 0 radical (unpaired) electrons. The number of rotatable bonds is 6. The molecule has 1 fully saturated rings. The topological polar surface area (TPSA) is 59.6 Å². The third-order valence-corrected chi connectivity index (χ3v) is 3.60. The van der Waals surface area contributed by atoms with Gasteiger partial charge < -0.3 is 15.8 Å². The summed E-state index contributed by atoms with van der Waals surface area (Å²) in [5.74, 6) is 2.22. The lowest BCUT2D eigenvalue weighted by molar-refractivity contribution is 0.326. The molecule has 1 aliphatic carbocycles. The molecule has 0 saturated heterocycles. The van der Waals surface area contributed by atoms with E-state index in [-0.39, 0.29) is 0 Å². The molecule has 0 aliphatic heterocycles. The Morgan fingerprint density at radius 2 is 2.32 bits per heavy atom. The Hall–Kier alpha value is -1.71. The molecule has 4 heteroatoms. The molecular weight excluding hydrogens is 238 g/mol. The van der Waals surface area contributed by atoms with E-state index in [1.807, 2.05) is 18.2 Å². The first-order valence-electron chi connectivity index (χ1n) is 6.94. The summed E-state index contributed by atoms with van der Waals surface area (Å²) in [7, 11) is 1.68. The molecule has 0 unspecified atom stereocenters. The van der Waals surface area contributed by atoms with Gasteiger partial charge in [0.15, 0.2) is 5.96 Å². The van der Waals surface area contributed by atoms with Crippen molar-refractivity contribution in [3.63, 3.8) is 0 Å². The zero-order chi connectivity index (χ0) is 13.5. The van der Waals surface area contributed by atoms with Gasteiger partial charge in [0.1, 0.15) is 5.75 Å². The Morgan fingerprint density at radius 3 is 3.00 bits per heavy atom. The van der Waals surface area contributed by atoms with Crippen LogP contribution in [0.5, 0.6) is 5.75 Å². The van der Waals surface area contributed by atoms with Gasteiger partial charge >= 0.3 is 0 Å². The fourth-order valence-corrected chi connectivity index (χ4v) is 2.12. The van der Waals surface area contributed by atoms with Gasteiger partial charge in [-0.3, -0.25) is 4.99 Å². The number of nitrogens with two attached hydrogens (primary N) is 1. The van der Waals surface area contributed by atoms with Crippen LogP contribution in [0.3, 0.4) is 0 Å². The summed E-state index contributed by atoms with van der Waals surface area (Å²) < 4.78 is 5.20. The minimum Gasteiger partial charge on any atom is -0.497 e. The summed E-state index contributed by atoms with van der Waals surface area (Å²) in [6.45, 7) is 1.67. The summed E-state index contributed by atoms with van der Waals surface area (Å²) in [5.41, 5.74) is 7.07. The van der Waals surface area contributed by atoms with Crippen LogP contribution in [0, 0.1) is 5.92 Å². The van der Waals surface area contributed by atoms with Crippen molar-refractivity contribution in [3.8, 4) is 5.75 Å². The van der Waals surface area contributed by atoms with Gasteiger partial charge in [-0.05, 0) is 42.9 Å². The van der Waals surface area contributed by atoms with Crippen molar-refractivity contribution in [3.05, 3.63) is 29.8 Å². The van der Waals surface area contributed by atoms with Crippen molar-refractivity contribution in [1.29, 1.82) is 0 Å². The van der Waals surface area contributed by atoms with Crippen LogP contribution in [0.4, 0.5) is 0 Å². The van der Waals surface area contributed by atoms with Crippen molar-refractivity contribution in [2.75, 3.05) is 20.2 Å². The average molecular weight is 261 g/mol. The first kappa shape index (κ1) is 13.7. The van der Waals surface area contributed by atoms with Gasteiger partial charge in [-0.25, -0.2) is 0 Å². The molecule has 0 atom stereocenters. The predicted molar refractivity (Wildman–Crippen MR) is 78.5 cm³/mol. The molecule has 0 bridgehead atoms. The number of guanidine groups is 1. The maximum absolute atomic E-state index is 5.84. The molecule has 1 aliphatic rings. The smallest absolute Gasteiger partial charge is 0.188 e. The zero-order valence-electron chi connectivity index (χ0n) is 11.6. The molecule has 4 nitrogen and oxygen atoms in total. The van der Waals surface area contributed by atoms with Crippen molar-refractivity contribution >= 4 is 5.96 Å². The molecule has 0 heterocycles. The summed E-state index contributed by atoms with van der Waals surface area (Å²) in [4.78, 5) is 4.37. The lowest BCUT2D eigenvalue weighted by Gasteiger charge is -2.23. The van der Waals surface area contributed by atoms with Gasteiger partial charge in [0.2, 0.25) is 0 Å². The minimum absolute atomic E-state index is 0.565. The predicted octanol–water partition coefficient (Wildman–Crippen LogP) is 1.94. The molecule has 0 amide bonds. The van der Waals surface area contributed by atoms with Gasteiger partial charge in [0.05, 0.1) is 7.11 Å². The quantitative estimate of drug-likeness (QED) is 0.608. The number of ether oxygens (including phenoxy) is 1. The van der Waals surface area contributed by atoms with Crippen LogP contribution in [0.2, 0.25) is 0 Å². The van der Waals surface area contributed by atoms with E-state index in [1.54, 1.807) is 7.11 Å². The number of hydrogen-bond donors (Lipinski definition) is 2. The van der Waals surface area contributed by atoms with E-state index in [0.29, 0.717) is 5.96 Å². The first-order chi connectivity index (χ1) is 9.28. The van der Waals surface area contributed by atoms with Gasteiger partial charge in [0, 0.05) is 13.1 Å². The van der Waals surface area contributed by atoms with Gasteiger partial charge in [0.25, 0.3) is 0 Å². The standard InChI is InChI=1S/C15H23N3O/c1-19-14-7-3-4-12(10-14)8-9-17-15(16)18-11-13-5-2-6-13/h3-4,7,10,13H,2,5-6,8-9,11H2,1H3,(H3,16,17,18). The molecule has 1 saturated carbocycles. The fourth-order valence-electron chi connectivity index (χ4n) is 2.12. The molecule has 1 aromatic rings. The lowest BCUT2D eigenvalue weighted by atomic mass is 9.86. The number of methoxy groups -OCH3 is 1. The second kappa shape index (κ2) is 7.02. The monoisotopic (exact) mass is 261 g/mol. The fraction of sp³-hybridized carbons (Fsp3) is 0.533. The normalized spacial score (nSPS) is 15.9. The van der Waals surface area contributed by atoms with Crippen LogP contribution in [0.15, 0.2) is 29.3 Å². The van der Waals surface area contributed by atoms with E-state index in [4.69, 9.17) is 10.5 Å². The third kappa shape index (κ3) is 4.47. The van der Waals surface area contributed by atoms with E-state index in [0.717, 1.165) is 31.2 Å².